The van der Waals surface area contributed by atoms with Crippen molar-refractivity contribution in [1.82, 2.24) is 0 Å². The van der Waals surface area contributed by atoms with E-state index >= 15 is 0 Å². The molecule has 0 aliphatic carbocycles. The van der Waals surface area contributed by atoms with Crippen molar-refractivity contribution in [3.05, 3.63) is 39.9 Å². The lowest BCUT2D eigenvalue weighted by atomic mass is 10.2. The van der Waals surface area contributed by atoms with E-state index in [1.807, 2.05) is 0 Å². The largest absolute Gasteiger partial charge is 0.360 e. The monoisotopic (exact) mass is 237 g/mol. The van der Waals surface area contributed by atoms with Crippen LogP contribution in [-0.4, -0.2) is 20.8 Å². The molecule has 0 atom stereocenters. The van der Waals surface area contributed by atoms with Gasteiger partial charge in [0.15, 0.2) is 0 Å². The summed E-state index contributed by atoms with van der Waals surface area (Å²) in [7, 11) is 0. The smallest absolute Gasteiger partial charge is 0.269 e. The molecule has 0 saturated heterocycles. The van der Waals surface area contributed by atoms with E-state index in [4.69, 9.17) is 5.11 Å². The molecule has 16 heavy (non-hydrogen) atoms. The highest BCUT2D eigenvalue weighted by Gasteiger charge is 2.01. The number of hydrogen-bond acceptors (Lipinski definition) is 2. The third kappa shape index (κ3) is 4.26. The standard InChI is InChI=1S/C11H11NO3S/c1-9(13)16-8-2-3-10-4-6-11(7-5-10)12(14)15/h4-7,13,16H,8H2,1H3. The summed E-state index contributed by atoms with van der Waals surface area (Å²) in [6.45, 7) is 1.62. The van der Waals surface area contributed by atoms with Crippen LogP contribution in [0, 0.1) is 22.0 Å². The summed E-state index contributed by atoms with van der Waals surface area (Å²) in [6.07, 6.45) is 0. The molecule has 0 spiro atoms. The Balaban J connectivity index is 2.68. The molecule has 0 aromatic heterocycles. The fourth-order valence-corrected chi connectivity index (χ4v) is 1.35. The number of benzene rings is 1. The minimum Gasteiger partial charge on any atom is -0.360 e. The van der Waals surface area contributed by atoms with Crippen LogP contribution in [0.15, 0.2) is 24.3 Å². The van der Waals surface area contributed by atoms with Crippen molar-refractivity contribution in [2.45, 2.75) is 6.92 Å². The Bertz CT molecular complexity index is 464. The average molecular weight is 237 g/mol. The second kappa shape index (κ2) is 6.05. The van der Waals surface area contributed by atoms with E-state index < -0.39 is 4.92 Å². The van der Waals surface area contributed by atoms with E-state index in [9.17, 15) is 10.1 Å². The fourth-order valence-electron chi connectivity index (χ4n) is 0.962. The van der Waals surface area contributed by atoms with E-state index in [2.05, 4.69) is 11.8 Å². The Morgan fingerprint density at radius 1 is 1.50 bits per heavy atom. The predicted octanol–water partition coefficient (Wildman–Crippen LogP) is 2.12. The van der Waals surface area contributed by atoms with Gasteiger partial charge in [0.25, 0.3) is 5.69 Å². The molecule has 0 fully saturated rings. The lowest BCUT2D eigenvalue weighted by Gasteiger charge is -1.90. The molecular weight excluding hydrogens is 226 g/mol. The number of thiol groups is 1. The highest BCUT2D eigenvalue weighted by molar-refractivity contribution is 7.98. The second-order valence-corrected chi connectivity index (χ2v) is 4.25. The van der Waals surface area contributed by atoms with E-state index in [0.29, 0.717) is 10.8 Å². The third-order valence-corrected chi connectivity index (χ3v) is 2.47. The molecule has 1 aromatic rings. The van der Waals surface area contributed by atoms with Crippen molar-refractivity contribution in [3.8, 4) is 11.8 Å². The van der Waals surface area contributed by atoms with Crippen molar-refractivity contribution >= 4 is 22.1 Å². The Labute approximate surface area is 97.0 Å². The number of aliphatic hydroxyl groups is 1. The highest BCUT2D eigenvalue weighted by Crippen LogP contribution is 2.10. The van der Waals surface area contributed by atoms with E-state index in [1.54, 1.807) is 19.1 Å². The molecule has 0 heterocycles. The molecule has 4 nitrogen and oxygen atoms in total. The summed E-state index contributed by atoms with van der Waals surface area (Å²) in [5, 5.41) is 19.6. The van der Waals surface area contributed by atoms with Gasteiger partial charge in [-0.25, -0.2) is 0 Å². The zero-order valence-electron chi connectivity index (χ0n) is 8.67. The van der Waals surface area contributed by atoms with Gasteiger partial charge in [0.1, 0.15) is 0 Å². The normalized spacial score (nSPS) is 11.0. The minimum atomic E-state index is -0.445. The summed E-state index contributed by atoms with van der Waals surface area (Å²) < 4.78 is 0. The maximum atomic E-state index is 10.4. The summed E-state index contributed by atoms with van der Waals surface area (Å²) in [5.41, 5.74) is 0.791. The first-order valence-corrected chi connectivity index (χ1v) is 5.61. The van der Waals surface area contributed by atoms with Crippen LogP contribution in [0.5, 0.6) is 0 Å². The molecule has 5 heteroatoms. The van der Waals surface area contributed by atoms with Crippen LogP contribution in [0.1, 0.15) is 12.5 Å². The van der Waals surface area contributed by atoms with Crippen molar-refractivity contribution < 1.29 is 10.0 Å². The first-order valence-electron chi connectivity index (χ1n) is 4.53. The van der Waals surface area contributed by atoms with Gasteiger partial charge in [-0.2, -0.15) is 11.4 Å². The van der Waals surface area contributed by atoms with Crippen LogP contribution in [0.4, 0.5) is 5.69 Å². The van der Waals surface area contributed by atoms with E-state index in [-0.39, 0.29) is 5.69 Å². The molecule has 1 aromatic carbocycles. The molecule has 0 amide bonds. The predicted molar refractivity (Wildman–Crippen MR) is 67.1 cm³/mol. The topological polar surface area (TPSA) is 63.4 Å². The molecule has 0 aliphatic heterocycles. The lowest BCUT2D eigenvalue weighted by molar-refractivity contribution is -0.384. The Kier molecular flexibility index (Phi) is 4.70. The summed E-state index contributed by atoms with van der Waals surface area (Å²) in [5.74, 6) is 6.29. The van der Waals surface area contributed by atoms with Gasteiger partial charge < -0.3 is 5.11 Å². The number of aliphatic hydroxyl groups excluding tert-OH is 1. The Hall–Kier alpha value is -1.64. The van der Waals surface area contributed by atoms with Crippen molar-refractivity contribution in [2.75, 3.05) is 5.75 Å². The van der Waals surface area contributed by atoms with Crippen LogP contribution in [0.3, 0.4) is 0 Å². The Morgan fingerprint density at radius 2 is 2.12 bits per heavy atom. The van der Waals surface area contributed by atoms with Crippen LogP contribution in [0.25, 0.3) is 0 Å². The van der Waals surface area contributed by atoms with Crippen LogP contribution < -0.4 is 0 Å². The number of nitro benzene ring substituents is 1. The molecule has 0 aliphatic rings. The van der Waals surface area contributed by atoms with Gasteiger partial charge in [-0.3, -0.25) is 10.1 Å². The van der Waals surface area contributed by atoms with Gasteiger partial charge in [-0.15, -0.1) is 0 Å². The minimum absolute atomic E-state index is 0.0585. The number of hydrogen-bond donors (Lipinski definition) is 2. The van der Waals surface area contributed by atoms with Crippen LogP contribution in [0.2, 0.25) is 0 Å². The van der Waals surface area contributed by atoms with E-state index in [0.717, 1.165) is 16.9 Å². The van der Waals surface area contributed by atoms with Crippen LogP contribution >= 0.6 is 11.4 Å². The van der Waals surface area contributed by atoms with Gasteiger partial charge >= 0.3 is 0 Å². The van der Waals surface area contributed by atoms with Gasteiger partial charge in [0.05, 0.1) is 9.97 Å². The number of nitro groups is 1. The fraction of sp³-hybridized carbons (Fsp3) is 0.182. The molecule has 0 saturated carbocycles. The summed E-state index contributed by atoms with van der Waals surface area (Å²) >= 11 is 0.787. The molecular formula is C11H11NO3S. The maximum Gasteiger partial charge on any atom is 0.269 e. The number of rotatable bonds is 2. The van der Waals surface area contributed by atoms with Gasteiger partial charge in [0.2, 0.25) is 0 Å². The molecule has 0 radical (unpaired) electrons. The van der Waals surface area contributed by atoms with Crippen molar-refractivity contribution in [3.63, 3.8) is 0 Å². The SMILES string of the molecule is CC(O)=[SH]CC#Cc1ccc([N+](=O)[O-])cc1. The molecule has 0 unspecified atom stereocenters. The lowest BCUT2D eigenvalue weighted by Crippen LogP contribution is -1.87. The summed E-state index contributed by atoms with van der Waals surface area (Å²) in [4.78, 5) is 9.94. The van der Waals surface area contributed by atoms with Crippen molar-refractivity contribution in [1.29, 1.82) is 0 Å². The Morgan fingerprint density at radius 3 is 2.62 bits per heavy atom. The van der Waals surface area contributed by atoms with E-state index in [1.165, 1.54) is 12.1 Å². The molecule has 1 rings (SSSR count). The van der Waals surface area contributed by atoms with Crippen LogP contribution in [-0.2, 0) is 0 Å². The number of non-ortho nitro benzene ring substituents is 1. The zero-order valence-corrected chi connectivity index (χ0v) is 9.57. The number of nitrogens with zero attached hydrogens (tertiary/aromatic N) is 1. The van der Waals surface area contributed by atoms with Gasteiger partial charge in [0, 0.05) is 23.4 Å². The van der Waals surface area contributed by atoms with Gasteiger partial charge in [-0.05, 0) is 19.1 Å². The third-order valence-electron chi connectivity index (χ3n) is 1.70. The first-order chi connectivity index (χ1) is 7.59. The van der Waals surface area contributed by atoms with Gasteiger partial charge in [-0.1, -0.05) is 11.8 Å². The average Bonchev–Trinajstić information content (AvgIpc) is 2.25. The molecule has 84 valence electrons. The molecule has 1 N–H and O–H groups in total. The summed E-state index contributed by atoms with van der Waals surface area (Å²) in [6, 6.07) is 6.06. The second-order valence-electron chi connectivity index (χ2n) is 2.97. The maximum absolute atomic E-state index is 10.4. The zero-order chi connectivity index (χ0) is 12.0. The van der Waals surface area contributed by atoms with Crippen molar-refractivity contribution in [2.24, 2.45) is 0 Å². The quantitative estimate of drug-likeness (QED) is 0.272. The highest BCUT2D eigenvalue weighted by atomic mass is 32.1. The molecule has 0 bridgehead atoms. The first kappa shape index (κ1) is 12.4.